The number of nitrogens with two attached hydrogens (primary N) is 1. The number of nitrogens with one attached hydrogen (secondary N) is 1. The second-order valence-corrected chi connectivity index (χ2v) is 4.01. The highest BCUT2D eigenvalue weighted by Gasteiger charge is 2.35. The smallest absolute Gasteiger partial charge is 0.240 e. The Bertz CT molecular complexity index is 263. The van der Waals surface area contributed by atoms with Gasteiger partial charge in [0.25, 0.3) is 0 Å². The number of primary amides is 1. The lowest BCUT2D eigenvalue weighted by molar-refractivity contribution is -0.133. The molecule has 3 N–H and O–H groups in total. The molecule has 1 unspecified atom stereocenters. The molecule has 0 aromatic heterocycles. The first-order valence-corrected chi connectivity index (χ1v) is 5.00. The highest BCUT2D eigenvalue weighted by Crippen LogP contribution is 2.22. The van der Waals surface area contributed by atoms with Gasteiger partial charge in [0.1, 0.15) is 0 Å². The second kappa shape index (κ2) is 3.57. The predicted molar refractivity (Wildman–Crippen MR) is 50.3 cm³/mol. The summed E-state index contributed by atoms with van der Waals surface area (Å²) in [5, 5.41) is 3.26. The van der Waals surface area contributed by atoms with E-state index in [0.717, 1.165) is 6.42 Å². The standard InChI is InChI=1S/C9H15N3O2/c10-8(13)5-12-4-3-7(9(12)14)11-6-1-2-6/h6-7,11H,1-5H2,(H2,10,13). The topological polar surface area (TPSA) is 75.4 Å². The quantitative estimate of drug-likeness (QED) is 0.596. The lowest BCUT2D eigenvalue weighted by Crippen LogP contribution is -2.42. The Labute approximate surface area is 82.6 Å². The first-order chi connectivity index (χ1) is 6.66. The van der Waals surface area contributed by atoms with Gasteiger partial charge in [0.2, 0.25) is 11.8 Å². The van der Waals surface area contributed by atoms with E-state index in [9.17, 15) is 9.59 Å². The number of nitrogens with zero attached hydrogens (tertiary/aromatic N) is 1. The molecule has 1 aliphatic carbocycles. The lowest BCUT2D eigenvalue weighted by Gasteiger charge is -2.14. The number of hydrogen-bond acceptors (Lipinski definition) is 3. The molecule has 0 aromatic rings. The summed E-state index contributed by atoms with van der Waals surface area (Å²) >= 11 is 0. The highest BCUT2D eigenvalue weighted by atomic mass is 16.2. The maximum absolute atomic E-state index is 11.7. The van der Waals surface area contributed by atoms with Crippen molar-refractivity contribution in [2.75, 3.05) is 13.1 Å². The van der Waals surface area contributed by atoms with Crippen LogP contribution in [0.5, 0.6) is 0 Å². The third kappa shape index (κ3) is 2.04. The van der Waals surface area contributed by atoms with Gasteiger partial charge in [-0.3, -0.25) is 9.59 Å². The van der Waals surface area contributed by atoms with E-state index in [4.69, 9.17) is 5.73 Å². The van der Waals surface area contributed by atoms with Crippen molar-refractivity contribution in [3.05, 3.63) is 0 Å². The van der Waals surface area contributed by atoms with E-state index in [0.29, 0.717) is 12.6 Å². The van der Waals surface area contributed by atoms with Crippen molar-refractivity contribution in [1.29, 1.82) is 0 Å². The Morgan fingerprint density at radius 2 is 2.21 bits per heavy atom. The zero-order valence-electron chi connectivity index (χ0n) is 8.03. The summed E-state index contributed by atoms with van der Waals surface area (Å²) in [5.74, 6) is -0.416. The maximum Gasteiger partial charge on any atom is 0.240 e. The Balaban J connectivity index is 1.85. The fourth-order valence-electron chi connectivity index (χ4n) is 1.77. The molecule has 0 spiro atoms. The molecular formula is C9H15N3O2. The van der Waals surface area contributed by atoms with Crippen molar-refractivity contribution in [3.63, 3.8) is 0 Å². The molecule has 2 fully saturated rings. The molecule has 2 rings (SSSR count). The van der Waals surface area contributed by atoms with Crippen LogP contribution in [0.3, 0.4) is 0 Å². The van der Waals surface area contributed by atoms with Gasteiger partial charge in [-0.25, -0.2) is 0 Å². The van der Waals surface area contributed by atoms with Crippen LogP contribution in [0.25, 0.3) is 0 Å². The van der Waals surface area contributed by atoms with E-state index >= 15 is 0 Å². The third-order valence-corrected chi connectivity index (χ3v) is 2.66. The normalized spacial score (nSPS) is 27.0. The molecule has 0 aromatic carbocycles. The predicted octanol–water partition coefficient (Wildman–Crippen LogP) is -1.18. The molecule has 1 saturated carbocycles. The molecule has 1 aliphatic heterocycles. The Kier molecular flexibility index (Phi) is 2.41. The Morgan fingerprint density at radius 3 is 2.79 bits per heavy atom. The van der Waals surface area contributed by atoms with Gasteiger partial charge in [0, 0.05) is 12.6 Å². The molecule has 2 aliphatic rings. The molecule has 1 atom stereocenters. The van der Waals surface area contributed by atoms with Gasteiger partial charge in [0.05, 0.1) is 12.6 Å². The molecule has 14 heavy (non-hydrogen) atoms. The Morgan fingerprint density at radius 1 is 1.50 bits per heavy atom. The molecule has 1 heterocycles. The van der Waals surface area contributed by atoms with Crippen molar-refractivity contribution < 1.29 is 9.59 Å². The summed E-state index contributed by atoms with van der Waals surface area (Å²) in [6, 6.07) is 0.444. The van der Waals surface area contributed by atoms with Crippen LogP contribution < -0.4 is 11.1 Å². The molecule has 2 amide bonds. The van der Waals surface area contributed by atoms with Gasteiger partial charge in [0.15, 0.2) is 0 Å². The zero-order valence-corrected chi connectivity index (χ0v) is 8.03. The third-order valence-electron chi connectivity index (χ3n) is 2.66. The van der Waals surface area contributed by atoms with E-state index in [-0.39, 0.29) is 18.5 Å². The summed E-state index contributed by atoms with van der Waals surface area (Å²) < 4.78 is 0. The number of amides is 2. The number of hydrogen-bond donors (Lipinski definition) is 2. The lowest BCUT2D eigenvalue weighted by atomic mass is 10.2. The van der Waals surface area contributed by atoms with Crippen molar-refractivity contribution in [2.45, 2.75) is 31.3 Å². The fourth-order valence-corrected chi connectivity index (χ4v) is 1.77. The minimum atomic E-state index is -0.439. The van der Waals surface area contributed by atoms with Gasteiger partial charge in [-0.05, 0) is 19.3 Å². The van der Waals surface area contributed by atoms with E-state index in [1.54, 1.807) is 0 Å². The van der Waals surface area contributed by atoms with Crippen LogP contribution >= 0.6 is 0 Å². The largest absolute Gasteiger partial charge is 0.368 e. The highest BCUT2D eigenvalue weighted by molar-refractivity contribution is 5.88. The molecule has 0 bridgehead atoms. The summed E-state index contributed by atoms with van der Waals surface area (Å²) in [7, 11) is 0. The van der Waals surface area contributed by atoms with Gasteiger partial charge in [-0.15, -0.1) is 0 Å². The van der Waals surface area contributed by atoms with Crippen molar-refractivity contribution in [2.24, 2.45) is 5.73 Å². The maximum atomic E-state index is 11.7. The number of rotatable bonds is 4. The minimum absolute atomic E-state index is 0.0238. The zero-order chi connectivity index (χ0) is 10.1. The first kappa shape index (κ1) is 9.45. The molecule has 0 radical (unpaired) electrons. The van der Waals surface area contributed by atoms with Crippen LogP contribution in [-0.4, -0.2) is 41.9 Å². The Hall–Kier alpha value is -1.10. The first-order valence-electron chi connectivity index (χ1n) is 5.00. The van der Waals surface area contributed by atoms with Crippen LogP contribution in [0.4, 0.5) is 0 Å². The van der Waals surface area contributed by atoms with E-state index in [1.807, 2.05) is 0 Å². The number of carbonyl (C=O) groups is 2. The summed E-state index contributed by atoms with van der Waals surface area (Å²) in [4.78, 5) is 23.8. The summed E-state index contributed by atoms with van der Waals surface area (Å²) in [6.45, 7) is 0.702. The van der Waals surface area contributed by atoms with Gasteiger partial charge >= 0.3 is 0 Å². The van der Waals surface area contributed by atoms with E-state index in [2.05, 4.69) is 5.32 Å². The van der Waals surface area contributed by atoms with Crippen molar-refractivity contribution in [1.82, 2.24) is 10.2 Å². The SMILES string of the molecule is NC(=O)CN1CCC(NC2CC2)C1=O. The van der Waals surface area contributed by atoms with Gasteiger partial charge < -0.3 is 16.0 Å². The monoisotopic (exact) mass is 197 g/mol. The molecule has 5 nitrogen and oxygen atoms in total. The van der Waals surface area contributed by atoms with Crippen LogP contribution in [-0.2, 0) is 9.59 Å². The van der Waals surface area contributed by atoms with Crippen molar-refractivity contribution in [3.8, 4) is 0 Å². The van der Waals surface area contributed by atoms with Gasteiger partial charge in [-0.1, -0.05) is 0 Å². The fraction of sp³-hybridized carbons (Fsp3) is 0.778. The summed E-state index contributed by atoms with van der Waals surface area (Å²) in [5.41, 5.74) is 5.04. The van der Waals surface area contributed by atoms with Crippen molar-refractivity contribution >= 4 is 11.8 Å². The average Bonchev–Trinajstić information content (AvgIpc) is 2.86. The number of likely N-dealkylation sites (tertiary alicyclic amines) is 1. The number of carbonyl (C=O) groups excluding carboxylic acids is 2. The van der Waals surface area contributed by atoms with Crippen LogP contribution in [0, 0.1) is 0 Å². The van der Waals surface area contributed by atoms with Crippen LogP contribution in [0.1, 0.15) is 19.3 Å². The second-order valence-electron chi connectivity index (χ2n) is 4.01. The molecule has 5 heteroatoms. The molecule has 1 saturated heterocycles. The summed E-state index contributed by atoms with van der Waals surface area (Å²) in [6.07, 6.45) is 3.13. The van der Waals surface area contributed by atoms with Crippen LogP contribution in [0.15, 0.2) is 0 Å². The minimum Gasteiger partial charge on any atom is -0.368 e. The van der Waals surface area contributed by atoms with Gasteiger partial charge in [-0.2, -0.15) is 0 Å². The van der Waals surface area contributed by atoms with E-state index in [1.165, 1.54) is 17.7 Å². The molecular weight excluding hydrogens is 182 g/mol. The average molecular weight is 197 g/mol. The molecule has 78 valence electrons. The van der Waals surface area contributed by atoms with E-state index < -0.39 is 5.91 Å². The van der Waals surface area contributed by atoms with Crippen LogP contribution in [0.2, 0.25) is 0 Å².